The molecule has 0 spiro atoms. The molecule has 152 valence electrons. The Labute approximate surface area is 160 Å². The molecule has 0 bridgehead atoms. The van der Waals surface area contributed by atoms with E-state index in [2.05, 4.69) is 0 Å². The lowest BCUT2D eigenvalue weighted by Gasteiger charge is -2.49. The molecule has 1 fully saturated rings. The molecule has 2 atom stereocenters. The Bertz CT molecular complexity index is 676. The van der Waals surface area contributed by atoms with E-state index in [4.69, 9.17) is 10.5 Å². The van der Waals surface area contributed by atoms with Crippen LogP contribution < -0.4 is 10.6 Å². The highest BCUT2D eigenvalue weighted by Crippen LogP contribution is 2.32. The van der Waals surface area contributed by atoms with Crippen molar-refractivity contribution >= 4 is 11.8 Å². The third kappa shape index (κ3) is 5.09. The van der Waals surface area contributed by atoms with Crippen LogP contribution in [0.4, 0.5) is 19.3 Å². The summed E-state index contributed by atoms with van der Waals surface area (Å²) in [5, 5.41) is 0. The van der Waals surface area contributed by atoms with Gasteiger partial charge >= 0.3 is 6.09 Å². The zero-order chi connectivity index (χ0) is 20.4. The Hall–Kier alpha value is -1.89. The van der Waals surface area contributed by atoms with Crippen molar-refractivity contribution in [3.63, 3.8) is 0 Å². The SMILES string of the molecule is CCC1CC(CN(C)c2cc(F)c(CCN)cc2F)N1C(=O)OC(C)(C)C. The number of benzene rings is 1. The number of carbonyl (C=O) groups is 1. The zero-order valence-electron chi connectivity index (χ0n) is 16.9. The second kappa shape index (κ2) is 8.42. The van der Waals surface area contributed by atoms with Gasteiger partial charge in [-0.05, 0) is 58.2 Å². The Morgan fingerprint density at radius 2 is 1.96 bits per heavy atom. The summed E-state index contributed by atoms with van der Waals surface area (Å²) in [6.45, 7) is 8.17. The number of hydrogen-bond acceptors (Lipinski definition) is 4. The van der Waals surface area contributed by atoms with Crippen molar-refractivity contribution in [1.29, 1.82) is 0 Å². The number of hydrogen-bond donors (Lipinski definition) is 1. The number of nitrogens with two attached hydrogens (primary N) is 1. The van der Waals surface area contributed by atoms with E-state index in [1.807, 2.05) is 27.7 Å². The average Bonchev–Trinajstić information content (AvgIpc) is 2.52. The predicted octanol–water partition coefficient (Wildman–Crippen LogP) is 3.69. The largest absolute Gasteiger partial charge is 0.444 e. The van der Waals surface area contributed by atoms with E-state index in [9.17, 15) is 13.6 Å². The minimum atomic E-state index is -0.574. The van der Waals surface area contributed by atoms with Gasteiger partial charge in [-0.15, -0.1) is 0 Å². The van der Waals surface area contributed by atoms with Gasteiger partial charge in [0.25, 0.3) is 0 Å². The quantitative estimate of drug-likeness (QED) is 0.814. The van der Waals surface area contributed by atoms with Gasteiger partial charge in [-0.3, -0.25) is 0 Å². The standard InChI is InChI=1S/C20H31F2N3O2/c1-6-14-10-15(25(14)19(26)27-20(2,3)4)12-24(5)18-11-16(21)13(7-8-23)9-17(18)22/h9,11,14-15H,6-8,10,12,23H2,1-5H3. The maximum atomic E-state index is 14.4. The molecule has 2 N–H and O–H groups in total. The van der Waals surface area contributed by atoms with Gasteiger partial charge in [0.2, 0.25) is 0 Å². The summed E-state index contributed by atoms with van der Waals surface area (Å²) >= 11 is 0. The lowest BCUT2D eigenvalue weighted by molar-refractivity contribution is -0.0301. The number of halogens is 2. The molecule has 2 unspecified atom stereocenters. The van der Waals surface area contributed by atoms with Gasteiger partial charge in [0, 0.05) is 25.7 Å². The molecule has 0 aromatic heterocycles. The highest BCUT2D eigenvalue weighted by molar-refractivity contribution is 5.70. The number of amides is 1. The summed E-state index contributed by atoms with van der Waals surface area (Å²) < 4.78 is 34.1. The first-order valence-corrected chi connectivity index (χ1v) is 9.47. The highest BCUT2D eigenvalue weighted by atomic mass is 19.1. The Balaban J connectivity index is 2.11. The summed E-state index contributed by atoms with van der Waals surface area (Å²) in [6, 6.07) is 2.43. The van der Waals surface area contributed by atoms with Crippen LogP contribution >= 0.6 is 0 Å². The number of likely N-dealkylation sites (N-methyl/N-ethyl adjacent to an activating group) is 1. The summed E-state index contributed by atoms with van der Waals surface area (Å²) in [4.78, 5) is 15.9. The molecule has 1 heterocycles. The van der Waals surface area contributed by atoms with Crippen LogP contribution in [0.2, 0.25) is 0 Å². The Kier molecular flexibility index (Phi) is 6.68. The lowest BCUT2D eigenvalue weighted by Crippen LogP contribution is -2.62. The van der Waals surface area contributed by atoms with E-state index in [0.29, 0.717) is 13.0 Å². The fourth-order valence-electron chi connectivity index (χ4n) is 3.47. The van der Waals surface area contributed by atoms with Crippen molar-refractivity contribution in [2.24, 2.45) is 5.73 Å². The van der Waals surface area contributed by atoms with Crippen molar-refractivity contribution in [2.75, 3.05) is 25.0 Å². The normalized spacial score (nSPS) is 19.6. The first-order valence-electron chi connectivity index (χ1n) is 9.47. The minimum Gasteiger partial charge on any atom is -0.444 e. The first-order chi connectivity index (χ1) is 12.6. The molecule has 0 aliphatic carbocycles. The van der Waals surface area contributed by atoms with Crippen LogP contribution in [0.25, 0.3) is 0 Å². The molecule has 0 radical (unpaired) electrons. The van der Waals surface area contributed by atoms with Crippen molar-refractivity contribution in [3.05, 3.63) is 29.3 Å². The van der Waals surface area contributed by atoms with Crippen LogP contribution in [-0.4, -0.2) is 48.8 Å². The summed E-state index contributed by atoms with van der Waals surface area (Å²) in [5.41, 5.74) is 5.31. The molecule has 1 saturated heterocycles. The smallest absolute Gasteiger partial charge is 0.410 e. The van der Waals surface area contributed by atoms with Gasteiger partial charge < -0.3 is 20.3 Å². The first kappa shape index (κ1) is 21.4. The van der Waals surface area contributed by atoms with E-state index in [-0.39, 0.29) is 36.0 Å². The molecule has 5 nitrogen and oxygen atoms in total. The molecule has 1 aromatic rings. The number of rotatable bonds is 6. The maximum Gasteiger partial charge on any atom is 0.410 e. The number of ether oxygens (including phenoxy) is 1. The second-order valence-corrected chi connectivity index (χ2v) is 8.15. The molecular formula is C20H31F2N3O2. The fraction of sp³-hybridized carbons (Fsp3) is 0.650. The van der Waals surface area contributed by atoms with Crippen molar-refractivity contribution in [1.82, 2.24) is 4.90 Å². The molecule has 7 heteroatoms. The topological polar surface area (TPSA) is 58.8 Å². The zero-order valence-corrected chi connectivity index (χ0v) is 16.9. The number of nitrogens with zero attached hydrogens (tertiary/aromatic N) is 2. The van der Waals surface area contributed by atoms with E-state index in [1.54, 1.807) is 16.8 Å². The van der Waals surface area contributed by atoms with Gasteiger partial charge in [-0.2, -0.15) is 0 Å². The van der Waals surface area contributed by atoms with Gasteiger partial charge in [0.15, 0.2) is 0 Å². The molecule has 1 amide bonds. The van der Waals surface area contributed by atoms with E-state index in [1.165, 1.54) is 12.1 Å². The van der Waals surface area contributed by atoms with Crippen LogP contribution in [0.5, 0.6) is 0 Å². The van der Waals surface area contributed by atoms with Crippen LogP contribution in [-0.2, 0) is 11.2 Å². The monoisotopic (exact) mass is 383 g/mol. The third-order valence-corrected chi connectivity index (χ3v) is 4.83. The molecule has 27 heavy (non-hydrogen) atoms. The van der Waals surface area contributed by atoms with Gasteiger partial charge in [-0.25, -0.2) is 13.6 Å². The minimum absolute atomic E-state index is 0.0963. The second-order valence-electron chi connectivity index (χ2n) is 8.15. The van der Waals surface area contributed by atoms with Crippen molar-refractivity contribution < 1.29 is 18.3 Å². The summed E-state index contributed by atoms with van der Waals surface area (Å²) in [7, 11) is 1.70. The molecule has 1 aliphatic rings. The van der Waals surface area contributed by atoms with E-state index >= 15 is 0 Å². The van der Waals surface area contributed by atoms with Crippen LogP contribution in [0.3, 0.4) is 0 Å². The van der Waals surface area contributed by atoms with Gasteiger partial charge in [0.1, 0.15) is 17.2 Å². The van der Waals surface area contributed by atoms with E-state index < -0.39 is 17.2 Å². The lowest BCUT2D eigenvalue weighted by atomic mass is 9.91. The van der Waals surface area contributed by atoms with Crippen LogP contribution in [0.15, 0.2) is 12.1 Å². The molecule has 1 aliphatic heterocycles. The number of carbonyl (C=O) groups excluding carboxylic acids is 1. The fourth-order valence-corrected chi connectivity index (χ4v) is 3.47. The maximum absolute atomic E-state index is 14.4. The molecular weight excluding hydrogens is 352 g/mol. The van der Waals surface area contributed by atoms with Gasteiger partial charge in [0.05, 0.1) is 11.7 Å². The van der Waals surface area contributed by atoms with Crippen molar-refractivity contribution in [2.45, 2.75) is 64.6 Å². The predicted molar refractivity (Wildman–Crippen MR) is 103 cm³/mol. The van der Waals surface area contributed by atoms with Gasteiger partial charge in [-0.1, -0.05) is 6.92 Å². The highest BCUT2D eigenvalue weighted by Gasteiger charge is 2.43. The summed E-state index contributed by atoms with van der Waals surface area (Å²) in [5.74, 6) is -0.953. The summed E-state index contributed by atoms with van der Waals surface area (Å²) in [6.07, 6.45) is 1.58. The van der Waals surface area contributed by atoms with Crippen LogP contribution in [0.1, 0.15) is 46.1 Å². The third-order valence-electron chi connectivity index (χ3n) is 4.83. The Morgan fingerprint density at radius 1 is 1.30 bits per heavy atom. The Morgan fingerprint density at radius 3 is 2.52 bits per heavy atom. The molecule has 1 aromatic carbocycles. The average molecular weight is 383 g/mol. The number of anilines is 1. The molecule has 0 saturated carbocycles. The number of likely N-dealkylation sites (tertiary alicyclic amines) is 1. The van der Waals surface area contributed by atoms with Crippen LogP contribution in [0, 0.1) is 11.6 Å². The van der Waals surface area contributed by atoms with E-state index in [0.717, 1.165) is 12.8 Å². The van der Waals surface area contributed by atoms with Crippen molar-refractivity contribution in [3.8, 4) is 0 Å². The molecule has 2 rings (SSSR count).